The van der Waals surface area contributed by atoms with Crippen LogP contribution in [-0.2, 0) is 4.74 Å². The van der Waals surface area contributed by atoms with E-state index >= 15 is 0 Å². The van der Waals surface area contributed by atoms with Crippen molar-refractivity contribution in [3.63, 3.8) is 0 Å². The second-order valence-electron chi connectivity index (χ2n) is 5.88. The van der Waals surface area contributed by atoms with Crippen LogP contribution in [0.15, 0.2) is 66.9 Å². The van der Waals surface area contributed by atoms with Crippen molar-refractivity contribution < 1.29 is 9.53 Å². The monoisotopic (exact) mass is 318 g/mol. The zero-order valence-corrected chi connectivity index (χ0v) is 13.3. The maximum Gasteiger partial charge on any atom is 0.256 e. The Hall–Kier alpha value is -2.72. The standard InChI is InChI=1S/C20H18N2O2/c23-20(17-10-4-8-16-9-5-11-21-19(16)17)22-12-13-24-14-18(22)15-6-2-1-3-7-15/h1-11,18H,12-14H2/t18-/m1/s1. The van der Waals surface area contributed by atoms with Crippen molar-refractivity contribution >= 4 is 16.8 Å². The predicted molar refractivity (Wildman–Crippen MR) is 92.8 cm³/mol. The minimum absolute atomic E-state index is 0.0106. The number of fused-ring (bicyclic) bond motifs is 1. The van der Waals surface area contributed by atoms with Crippen molar-refractivity contribution in [3.8, 4) is 0 Å². The second-order valence-corrected chi connectivity index (χ2v) is 5.88. The molecule has 1 aliphatic heterocycles. The van der Waals surface area contributed by atoms with E-state index in [1.807, 2.05) is 65.6 Å². The number of carbonyl (C=O) groups is 1. The molecule has 1 aromatic heterocycles. The lowest BCUT2D eigenvalue weighted by Gasteiger charge is -2.36. The topological polar surface area (TPSA) is 42.4 Å². The first-order valence-electron chi connectivity index (χ1n) is 8.12. The van der Waals surface area contributed by atoms with Crippen LogP contribution in [0.2, 0.25) is 0 Å². The number of nitrogens with zero attached hydrogens (tertiary/aromatic N) is 2. The molecule has 4 heteroatoms. The van der Waals surface area contributed by atoms with Crippen molar-refractivity contribution in [2.24, 2.45) is 0 Å². The van der Waals surface area contributed by atoms with Crippen molar-refractivity contribution in [2.75, 3.05) is 19.8 Å². The van der Waals surface area contributed by atoms with Crippen LogP contribution in [-0.4, -0.2) is 35.5 Å². The van der Waals surface area contributed by atoms with E-state index in [9.17, 15) is 4.79 Å². The van der Waals surface area contributed by atoms with Crippen molar-refractivity contribution in [3.05, 3.63) is 78.0 Å². The molecule has 120 valence electrons. The first-order valence-corrected chi connectivity index (χ1v) is 8.12. The third-order valence-electron chi connectivity index (χ3n) is 4.44. The van der Waals surface area contributed by atoms with E-state index in [1.54, 1.807) is 6.20 Å². The number of hydrogen-bond acceptors (Lipinski definition) is 3. The average molecular weight is 318 g/mol. The zero-order chi connectivity index (χ0) is 16.4. The summed E-state index contributed by atoms with van der Waals surface area (Å²) in [5.41, 5.74) is 2.50. The smallest absolute Gasteiger partial charge is 0.256 e. The Morgan fingerprint density at radius 3 is 2.75 bits per heavy atom. The number of hydrogen-bond donors (Lipinski definition) is 0. The normalized spacial score (nSPS) is 17.8. The summed E-state index contributed by atoms with van der Waals surface area (Å²) in [6.45, 7) is 1.67. The number of amides is 1. The lowest BCUT2D eigenvalue weighted by molar-refractivity contribution is -0.00260. The summed E-state index contributed by atoms with van der Waals surface area (Å²) in [6, 6.07) is 19.6. The maximum absolute atomic E-state index is 13.2. The molecular weight excluding hydrogens is 300 g/mol. The molecule has 1 amide bonds. The fourth-order valence-corrected chi connectivity index (χ4v) is 3.23. The van der Waals surface area contributed by atoms with Gasteiger partial charge < -0.3 is 9.64 Å². The van der Waals surface area contributed by atoms with Gasteiger partial charge in [0, 0.05) is 18.1 Å². The van der Waals surface area contributed by atoms with Crippen LogP contribution in [0.1, 0.15) is 22.0 Å². The van der Waals surface area contributed by atoms with Crippen LogP contribution in [0, 0.1) is 0 Å². The highest BCUT2D eigenvalue weighted by Crippen LogP contribution is 2.27. The molecule has 0 unspecified atom stereocenters. The van der Waals surface area contributed by atoms with Crippen molar-refractivity contribution in [2.45, 2.75) is 6.04 Å². The van der Waals surface area contributed by atoms with E-state index in [0.717, 1.165) is 16.5 Å². The van der Waals surface area contributed by atoms with Gasteiger partial charge in [-0.3, -0.25) is 9.78 Å². The van der Waals surface area contributed by atoms with Crippen LogP contribution in [0.25, 0.3) is 10.9 Å². The highest BCUT2D eigenvalue weighted by atomic mass is 16.5. The summed E-state index contributed by atoms with van der Waals surface area (Å²) in [7, 11) is 0. The van der Waals surface area contributed by atoms with Crippen LogP contribution in [0.3, 0.4) is 0 Å². The van der Waals surface area contributed by atoms with Gasteiger partial charge in [0.25, 0.3) is 5.91 Å². The minimum atomic E-state index is -0.0635. The highest BCUT2D eigenvalue weighted by Gasteiger charge is 2.30. The Labute approximate surface area is 140 Å². The van der Waals surface area contributed by atoms with Crippen molar-refractivity contribution in [1.29, 1.82) is 0 Å². The highest BCUT2D eigenvalue weighted by molar-refractivity contribution is 6.05. The number of carbonyl (C=O) groups excluding carboxylic acids is 1. The number of ether oxygens (including phenoxy) is 1. The molecule has 0 spiro atoms. The number of aromatic nitrogens is 1. The fraction of sp³-hybridized carbons (Fsp3) is 0.200. The van der Waals surface area contributed by atoms with E-state index in [1.165, 1.54) is 0 Å². The van der Waals surface area contributed by atoms with E-state index < -0.39 is 0 Å². The van der Waals surface area contributed by atoms with Crippen LogP contribution in [0.4, 0.5) is 0 Å². The molecule has 0 radical (unpaired) electrons. The van der Waals surface area contributed by atoms with E-state index in [2.05, 4.69) is 4.98 Å². The second kappa shape index (κ2) is 6.42. The third-order valence-corrected chi connectivity index (χ3v) is 4.44. The molecule has 0 aliphatic carbocycles. The summed E-state index contributed by atoms with van der Waals surface area (Å²) in [5.74, 6) is 0.0106. The van der Waals surface area contributed by atoms with Gasteiger partial charge >= 0.3 is 0 Å². The third kappa shape index (κ3) is 2.65. The number of pyridine rings is 1. The molecule has 1 atom stereocenters. The van der Waals surface area contributed by atoms with Crippen LogP contribution in [0.5, 0.6) is 0 Å². The van der Waals surface area contributed by atoms with Gasteiger partial charge in [-0.15, -0.1) is 0 Å². The maximum atomic E-state index is 13.2. The van der Waals surface area contributed by atoms with Gasteiger partial charge in [0.2, 0.25) is 0 Å². The molecular formula is C20H18N2O2. The molecule has 1 fully saturated rings. The quantitative estimate of drug-likeness (QED) is 0.727. The number of benzene rings is 2. The lowest BCUT2D eigenvalue weighted by Crippen LogP contribution is -2.43. The molecule has 1 aliphatic rings. The van der Waals surface area contributed by atoms with Gasteiger partial charge in [-0.1, -0.05) is 48.5 Å². The Morgan fingerprint density at radius 1 is 1.04 bits per heavy atom. The molecule has 24 heavy (non-hydrogen) atoms. The Bertz CT molecular complexity index is 858. The SMILES string of the molecule is O=C(c1cccc2cccnc12)N1CCOC[C@@H]1c1ccccc1. The fourth-order valence-electron chi connectivity index (χ4n) is 3.23. The predicted octanol–water partition coefficient (Wildman–Crippen LogP) is 3.45. The first-order chi connectivity index (χ1) is 11.8. The van der Waals surface area contributed by atoms with Crippen LogP contribution < -0.4 is 0 Å². The Morgan fingerprint density at radius 2 is 1.88 bits per heavy atom. The molecule has 1 saturated heterocycles. The minimum Gasteiger partial charge on any atom is -0.377 e. The Balaban J connectivity index is 1.74. The summed E-state index contributed by atoms with van der Waals surface area (Å²) in [5, 5.41) is 0.980. The summed E-state index contributed by atoms with van der Waals surface area (Å²) < 4.78 is 5.63. The summed E-state index contributed by atoms with van der Waals surface area (Å²) in [4.78, 5) is 19.5. The number of morpholine rings is 1. The summed E-state index contributed by atoms with van der Waals surface area (Å²) in [6.07, 6.45) is 1.73. The van der Waals surface area contributed by atoms with E-state index in [-0.39, 0.29) is 11.9 Å². The molecule has 0 bridgehead atoms. The van der Waals surface area contributed by atoms with Gasteiger partial charge in [-0.25, -0.2) is 0 Å². The van der Waals surface area contributed by atoms with Gasteiger partial charge in [-0.2, -0.15) is 0 Å². The first kappa shape index (κ1) is 14.8. The molecule has 3 aromatic rings. The molecule has 0 N–H and O–H groups in total. The molecule has 2 aromatic carbocycles. The Kier molecular flexibility index (Phi) is 3.97. The molecule has 2 heterocycles. The van der Waals surface area contributed by atoms with Gasteiger partial charge in [0.05, 0.1) is 30.3 Å². The lowest BCUT2D eigenvalue weighted by atomic mass is 10.0. The van der Waals surface area contributed by atoms with Gasteiger partial charge in [0.1, 0.15) is 0 Å². The number of rotatable bonds is 2. The molecule has 4 nitrogen and oxygen atoms in total. The van der Waals surface area contributed by atoms with E-state index in [4.69, 9.17) is 4.74 Å². The van der Waals surface area contributed by atoms with Crippen molar-refractivity contribution in [1.82, 2.24) is 9.88 Å². The largest absolute Gasteiger partial charge is 0.377 e. The number of para-hydroxylation sites is 1. The van der Waals surface area contributed by atoms with Gasteiger partial charge in [0.15, 0.2) is 0 Å². The summed E-state index contributed by atoms with van der Waals surface area (Å²) >= 11 is 0. The molecule has 4 rings (SSSR count). The van der Waals surface area contributed by atoms with E-state index in [0.29, 0.717) is 25.3 Å². The van der Waals surface area contributed by atoms with Crippen LogP contribution >= 0.6 is 0 Å². The molecule has 0 saturated carbocycles. The average Bonchev–Trinajstić information content (AvgIpc) is 2.68. The van der Waals surface area contributed by atoms with Gasteiger partial charge in [-0.05, 0) is 17.7 Å². The zero-order valence-electron chi connectivity index (χ0n) is 13.3.